The lowest BCUT2D eigenvalue weighted by Crippen LogP contribution is -2.30. The second kappa shape index (κ2) is 8.83. The predicted octanol–water partition coefficient (Wildman–Crippen LogP) is 6.48. The molecule has 1 aliphatic heterocycles. The van der Waals surface area contributed by atoms with Gasteiger partial charge in [0, 0.05) is 29.5 Å². The number of aryl methyl sites for hydroxylation is 1. The minimum absolute atomic E-state index is 0.0476. The zero-order valence-electron chi connectivity index (χ0n) is 19.1. The molecular formula is C28H28N4S. The van der Waals surface area contributed by atoms with Gasteiger partial charge in [0.15, 0.2) is 5.11 Å². The van der Waals surface area contributed by atoms with E-state index in [0.717, 1.165) is 22.8 Å². The highest BCUT2D eigenvalue weighted by Crippen LogP contribution is 2.42. The molecule has 1 N–H and O–H groups in total. The number of pyridine rings is 1. The first-order chi connectivity index (χ1) is 16.0. The van der Waals surface area contributed by atoms with Crippen molar-refractivity contribution in [3.8, 4) is 5.69 Å². The van der Waals surface area contributed by atoms with Crippen molar-refractivity contribution in [2.75, 3.05) is 4.90 Å². The van der Waals surface area contributed by atoms with Crippen LogP contribution >= 0.6 is 12.2 Å². The molecule has 2 aromatic heterocycles. The van der Waals surface area contributed by atoms with Crippen molar-refractivity contribution in [1.29, 1.82) is 0 Å². The van der Waals surface area contributed by atoms with Crippen molar-refractivity contribution in [2.24, 2.45) is 0 Å². The number of thiocarbonyl (C=S) groups is 1. The van der Waals surface area contributed by atoms with Gasteiger partial charge in [-0.3, -0.25) is 4.98 Å². The second-order valence-electron chi connectivity index (χ2n) is 8.88. The standard InChI is InChI=1S/C28H28N4S/c1-19(2)21-11-15-23(16-12-21)32-27(26(30-28(32)33)24-7-4-5-17-29-24)25-8-6-18-31(25)22-13-9-20(3)10-14-22/h4-19,26-27H,1-3H3,(H,30,33)/t26-,27-/m0/s1. The Morgan fingerprint density at radius 2 is 1.61 bits per heavy atom. The van der Waals surface area contributed by atoms with E-state index in [0.29, 0.717) is 11.0 Å². The fourth-order valence-corrected chi connectivity index (χ4v) is 4.87. The van der Waals surface area contributed by atoms with Crippen LogP contribution in [0, 0.1) is 6.92 Å². The van der Waals surface area contributed by atoms with Crippen LogP contribution in [0.1, 0.15) is 54.4 Å². The van der Waals surface area contributed by atoms with Crippen molar-refractivity contribution in [3.05, 3.63) is 114 Å². The SMILES string of the molecule is Cc1ccc(-n2cccc2[C@H]2[C@H](c3ccccn3)NC(=S)N2c2ccc(C(C)C)cc2)cc1. The zero-order valence-corrected chi connectivity index (χ0v) is 20.0. The molecule has 0 unspecified atom stereocenters. The van der Waals surface area contributed by atoms with Crippen LogP contribution in [0.5, 0.6) is 0 Å². The van der Waals surface area contributed by atoms with Crippen molar-refractivity contribution >= 4 is 23.0 Å². The number of anilines is 1. The minimum atomic E-state index is -0.0671. The Kier molecular flexibility index (Phi) is 5.73. The summed E-state index contributed by atoms with van der Waals surface area (Å²) in [6, 6.07) is 27.6. The number of hydrogen-bond acceptors (Lipinski definition) is 2. The lowest BCUT2D eigenvalue weighted by Gasteiger charge is -2.29. The summed E-state index contributed by atoms with van der Waals surface area (Å²) in [5.41, 5.74) is 6.91. The Balaban J connectivity index is 1.63. The molecule has 0 spiro atoms. The summed E-state index contributed by atoms with van der Waals surface area (Å²) in [6.45, 7) is 6.54. The average molecular weight is 453 g/mol. The molecule has 33 heavy (non-hydrogen) atoms. The fraction of sp³-hybridized carbons (Fsp3) is 0.214. The summed E-state index contributed by atoms with van der Waals surface area (Å²) in [6.07, 6.45) is 3.97. The molecule has 4 nitrogen and oxygen atoms in total. The van der Waals surface area contributed by atoms with Gasteiger partial charge in [-0.1, -0.05) is 49.7 Å². The van der Waals surface area contributed by atoms with Crippen LogP contribution in [0.4, 0.5) is 5.69 Å². The Bertz CT molecular complexity index is 1240. The molecule has 0 amide bonds. The predicted molar refractivity (Wildman–Crippen MR) is 139 cm³/mol. The maximum atomic E-state index is 5.89. The summed E-state index contributed by atoms with van der Waals surface area (Å²) >= 11 is 5.89. The highest BCUT2D eigenvalue weighted by Gasteiger charge is 2.42. The number of aromatic nitrogens is 2. The molecule has 1 saturated heterocycles. The maximum absolute atomic E-state index is 5.89. The number of nitrogens with zero attached hydrogens (tertiary/aromatic N) is 3. The van der Waals surface area contributed by atoms with Crippen LogP contribution in [0.3, 0.4) is 0 Å². The molecule has 0 radical (unpaired) electrons. The quantitative estimate of drug-likeness (QED) is 0.351. The van der Waals surface area contributed by atoms with Gasteiger partial charge in [0.1, 0.15) is 6.04 Å². The highest BCUT2D eigenvalue weighted by atomic mass is 32.1. The van der Waals surface area contributed by atoms with E-state index in [1.807, 2.05) is 18.3 Å². The number of benzene rings is 2. The minimum Gasteiger partial charge on any atom is -0.351 e. The first kappa shape index (κ1) is 21.4. The van der Waals surface area contributed by atoms with Crippen LogP contribution in [0.25, 0.3) is 5.69 Å². The third-order valence-electron chi connectivity index (χ3n) is 6.33. The van der Waals surface area contributed by atoms with E-state index in [9.17, 15) is 0 Å². The normalized spacial score (nSPS) is 18.1. The van der Waals surface area contributed by atoms with E-state index >= 15 is 0 Å². The summed E-state index contributed by atoms with van der Waals surface area (Å²) in [5.74, 6) is 0.485. The first-order valence-corrected chi connectivity index (χ1v) is 11.8. The summed E-state index contributed by atoms with van der Waals surface area (Å²) < 4.78 is 2.26. The number of hydrogen-bond donors (Lipinski definition) is 1. The van der Waals surface area contributed by atoms with Crippen LogP contribution in [0.2, 0.25) is 0 Å². The second-order valence-corrected chi connectivity index (χ2v) is 9.27. The van der Waals surface area contributed by atoms with E-state index in [1.165, 1.54) is 11.1 Å². The van der Waals surface area contributed by atoms with E-state index < -0.39 is 0 Å². The zero-order chi connectivity index (χ0) is 22.9. The van der Waals surface area contributed by atoms with E-state index in [-0.39, 0.29) is 12.1 Å². The van der Waals surface area contributed by atoms with Crippen molar-refractivity contribution in [3.63, 3.8) is 0 Å². The molecule has 3 heterocycles. The molecule has 0 bridgehead atoms. The number of rotatable bonds is 5. The van der Waals surface area contributed by atoms with Crippen LogP contribution < -0.4 is 10.2 Å². The molecule has 166 valence electrons. The monoisotopic (exact) mass is 452 g/mol. The Labute approximate surface area is 200 Å². The average Bonchev–Trinajstić information content (AvgIpc) is 3.44. The summed E-state index contributed by atoms with van der Waals surface area (Å²) in [7, 11) is 0. The molecule has 4 aromatic rings. The Morgan fingerprint density at radius 1 is 0.879 bits per heavy atom. The molecule has 0 aliphatic carbocycles. The maximum Gasteiger partial charge on any atom is 0.174 e. The summed E-state index contributed by atoms with van der Waals surface area (Å²) in [5, 5.41) is 4.28. The fourth-order valence-electron chi connectivity index (χ4n) is 4.53. The van der Waals surface area contributed by atoms with Crippen LogP contribution in [-0.4, -0.2) is 14.7 Å². The van der Waals surface area contributed by atoms with Crippen LogP contribution in [-0.2, 0) is 0 Å². The van der Waals surface area contributed by atoms with E-state index in [1.54, 1.807) is 0 Å². The van der Waals surface area contributed by atoms with Crippen LogP contribution in [0.15, 0.2) is 91.3 Å². The van der Waals surface area contributed by atoms with Gasteiger partial charge in [0.25, 0.3) is 0 Å². The van der Waals surface area contributed by atoms with E-state index in [2.05, 4.69) is 113 Å². The summed E-state index contributed by atoms with van der Waals surface area (Å²) in [4.78, 5) is 6.91. The lowest BCUT2D eigenvalue weighted by molar-refractivity contribution is 0.549. The van der Waals surface area contributed by atoms with Gasteiger partial charge in [0.2, 0.25) is 0 Å². The highest BCUT2D eigenvalue weighted by molar-refractivity contribution is 7.80. The molecule has 5 rings (SSSR count). The van der Waals surface area contributed by atoms with Gasteiger partial charge in [-0.05, 0) is 79.2 Å². The molecule has 0 saturated carbocycles. The Hall–Kier alpha value is -3.44. The Morgan fingerprint density at radius 3 is 2.27 bits per heavy atom. The molecular weight excluding hydrogens is 424 g/mol. The smallest absolute Gasteiger partial charge is 0.174 e. The van der Waals surface area contributed by atoms with Gasteiger partial charge in [-0.25, -0.2) is 0 Å². The third kappa shape index (κ3) is 4.05. The van der Waals surface area contributed by atoms with Gasteiger partial charge >= 0.3 is 0 Å². The molecule has 1 fully saturated rings. The van der Waals surface area contributed by atoms with Crippen molar-refractivity contribution in [1.82, 2.24) is 14.9 Å². The molecule has 5 heteroatoms. The molecule has 2 atom stereocenters. The molecule has 1 aliphatic rings. The largest absolute Gasteiger partial charge is 0.351 e. The van der Waals surface area contributed by atoms with Gasteiger partial charge in [-0.2, -0.15) is 0 Å². The van der Waals surface area contributed by atoms with Gasteiger partial charge < -0.3 is 14.8 Å². The van der Waals surface area contributed by atoms with Gasteiger partial charge in [0.05, 0.1) is 11.7 Å². The first-order valence-electron chi connectivity index (χ1n) is 11.4. The lowest BCUT2D eigenvalue weighted by atomic mass is 9.99. The molecule has 2 aromatic carbocycles. The number of nitrogens with one attached hydrogen (secondary N) is 1. The van der Waals surface area contributed by atoms with Gasteiger partial charge in [-0.15, -0.1) is 0 Å². The topological polar surface area (TPSA) is 33.1 Å². The van der Waals surface area contributed by atoms with Crippen molar-refractivity contribution in [2.45, 2.75) is 38.8 Å². The van der Waals surface area contributed by atoms with E-state index in [4.69, 9.17) is 12.2 Å². The third-order valence-corrected chi connectivity index (χ3v) is 6.65. The van der Waals surface area contributed by atoms with Crippen molar-refractivity contribution < 1.29 is 0 Å².